The molecule has 0 fully saturated rings. The lowest BCUT2D eigenvalue weighted by Crippen LogP contribution is -2.19. The molecule has 0 amide bonds. The molecule has 3 aromatic rings. The Morgan fingerprint density at radius 1 is 1.07 bits per heavy atom. The van der Waals surface area contributed by atoms with E-state index >= 15 is 0 Å². The number of halogens is 2. The van der Waals surface area contributed by atoms with Gasteiger partial charge in [0.1, 0.15) is 17.4 Å². The SMILES string of the molecule is COC(=O)c1ccc([C@H](C)NCc2cc(F)cnc2Oc2ccc(F)cc2)cc1. The monoisotopic (exact) mass is 398 g/mol. The van der Waals surface area contributed by atoms with Gasteiger partial charge in [0.25, 0.3) is 0 Å². The van der Waals surface area contributed by atoms with Crippen molar-refractivity contribution in [2.75, 3.05) is 7.11 Å². The summed E-state index contributed by atoms with van der Waals surface area (Å²) in [5.74, 6) is -0.621. The molecule has 1 aromatic heterocycles. The van der Waals surface area contributed by atoms with E-state index in [1.54, 1.807) is 12.1 Å². The number of hydrogen-bond acceptors (Lipinski definition) is 5. The first-order valence-corrected chi connectivity index (χ1v) is 8.96. The standard InChI is InChI=1S/C22H20F2N2O3/c1-14(15-3-5-16(6-4-15)22(27)28-2)25-12-17-11-19(24)13-26-21(17)29-20-9-7-18(23)8-10-20/h3-11,13-14,25H,12H2,1-2H3/t14-/m0/s1. The molecule has 0 saturated carbocycles. The predicted octanol–water partition coefficient (Wildman–Crippen LogP) is 4.79. The number of ether oxygens (including phenoxy) is 2. The maximum atomic E-state index is 13.7. The number of nitrogens with one attached hydrogen (secondary N) is 1. The number of pyridine rings is 1. The molecule has 0 saturated heterocycles. The first-order chi connectivity index (χ1) is 14.0. The Kier molecular flexibility index (Phi) is 6.51. The number of methoxy groups -OCH3 is 1. The third kappa shape index (κ3) is 5.36. The molecular formula is C22H20F2N2O3. The molecule has 1 N–H and O–H groups in total. The Morgan fingerprint density at radius 3 is 2.41 bits per heavy atom. The summed E-state index contributed by atoms with van der Waals surface area (Å²) in [5, 5.41) is 3.28. The lowest BCUT2D eigenvalue weighted by Gasteiger charge is -2.16. The molecular weight excluding hydrogens is 378 g/mol. The number of esters is 1. The number of nitrogens with zero attached hydrogens (tertiary/aromatic N) is 1. The number of aromatic nitrogens is 1. The largest absolute Gasteiger partial charge is 0.465 e. The molecule has 2 aromatic carbocycles. The summed E-state index contributed by atoms with van der Waals surface area (Å²) in [4.78, 5) is 15.5. The topological polar surface area (TPSA) is 60.5 Å². The van der Waals surface area contributed by atoms with E-state index in [1.165, 1.54) is 37.4 Å². The van der Waals surface area contributed by atoms with Crippen LogP contribution in [0, 0.1) is 11.6 Å². The second kappa shape index (κ2) is 9.25. The van der Waals surface area contributed by atoms with Crippen LogP contribution >= 0.6 is 0 Å². The van der Waals surface area contributed by atoms with Crippen LogP contribution in [0.5, 0.6) is 11.6 Å². The van der Waals surface area contributed by atoms with Crippen molar-refractivity contribution in [2.45, 2.75) is 19.5 Å². The summed E-state index contributed by atoms with van der Waals surface area (Å²) in [6.45, 7) is 2.24. The van der Waals surface area contributed by atoms with Crippen molar-refractivity contribution in [3.63, 3.8) is 0 Å². The van der Waals surface area contributed by atoms with Crippen molar-refractivity contribution >= 4 is 5.97 Å². The van der Waals surface area contributed by atoms with E-state index in [2.05, 4.69) is 15.0 Å². The van der Waals surface area contributed by atoms with Gasteiger partial charge in [-0.15, -0.1) is 0 Å². The Bertz CT molecular complexity index is 976. The van der Waals surface area contributed by atoms with Gasteiger partial charge in [0.05, 0.1) is 18.9 Å². The van der Waals surface area contributed by atoms with Crippen LogP contribution < -0.4 is 10.1 Å². The van der Waals surface area contributed by atoms with Gasteiger partial charge >= 0.3 is 5.97 Å². The first kappa shape index (κ1) is 20.4. The molecule has 0 radical (unpaired) electrons. The smallest absolute Gasteiger partial charge is 0.337 e. The first-order valence-electron chi connectivity index (χ1n) is 8.96. The van der Waals surface area contributed by atoms with Gasteiger partial charge in [-0.2, -0.15) is 0 Å². The minimum Gasteiger partial charge on any atom is -0.465 e. The van der Waals surface area contributed by atoms with Gasteiger partial charge in [-0.25, -0.2) is 18.6 Å². The van der Waals surface area contributed by atoms with Crippen molar-refractivity contribution in [1.82, 2.24) is 10.3 Å². The fraction of sp³-hybridized carbons (Fsp3) is 0.182. The zero-order chi connectivity index (χ0) is 20.8. The molecule has 0 bridgehead atoms. The summed E-state index contributed by atoms with van der Waals surface area (Å²) in [7, 11) is 1.33. The average Bonchev–Trinajstić information content (AvgIpc) is 2.74. The normalized spacial score (nSPS) is 11.7. The lowest BCUT2D eigenvalue weighted by atomic mass is 10.1. The average molecular weight is 398 g/mol. The van der Waals surface area contributed by atoms with Gasteiger partial charge in [0.2, 0.25) is 5.88 Å². The van der Waals surface area contributed by atoms with Crippen LogP contribution in [0.3, 0.4) is 0 Å². The van der Waals surface area contributed by atoms with Crippen LogP contribution in [0.1, 0.15) is 34.5 Å². The van der Waals surface area contributed by atoms with E-state index in [1.807, 2.05) is 19.1 Å². The molecule has 0 aliphatic rings. The Balaban J connectivity index is 1.70. The minimum absolute atomic E-state index is 0.0800. The van der Waals surface area contributed by atoms with Crippen LogP contribution in [0.25, 0.3) is 0 Å². The summed E-state index contributed by atoms with van der Waals surface area (Å²) < 4.78 is 37.1. The number of carbonyl (C=O) groups is 1. The van der Waals surface area contributed by atoms with Crippen molar-refractivity contribution in [1.29, 1.82) is 0 Å². The van der Waals surface area contributed by atoms with E-state index in [0.717, 1.165) is 11.8 Å². The quantitative estimate of drug-likeness (QED) is 0.580. The number of carbonyl (C=O) groups excluding carboxylic acids is 1. The van der Waals surface area contributed by atoms with Crippen molar-refractivity contribution in [3.8, 4) is 11.6 Å². The highest BCUT2D eigenvalue weighted by Gasteiger charge is 2.12. The zero-order valence-electron chi connectivity index (χ0n) is 16.0. The van der Waals surface area contributed by atoms with Gasteiger partial charge in [-0.05, 0) is 55.0 Å². The van der Waals surface area contributed by atoms with Crippen molar-refractivity contribution < 1.29 is 23.0 Å². The van der Waals surface area contributed by atoms with Gasteiger partial charge < -0.3 is 14.8 Å². The van der Waals surface area contributed by atoms with E-state index in [9.17, 15) is 13.6 Å². The summed E-state index contributed by atoms with van der Waals surface area (Å²) in [6.07, 6.45) is 1.07. The highest BCUT2D eigenvalue weighted by atomic mass is 19.1. The molecule has 0 spiro atoms. The highest BCUT2D eigenvalue weighted by Crippen LogP contribution is 2.25. The van der Waals surface area contributed by atoms with E-state index < -0.39 is 11.8 Å². The van der Waals surface area contributed by atoms with Gasteiger partial charge in [-0.1, -0.05) is 12.1 Å². The Morgan fingerprint density at radius 2 is 1.76 bits per heavy atom. The molecule has 3 rings (SSSR count). The molecule has 29 heavy (non-hydrogen) atoms. The van der Waals surface area contributed by atoms with Crippen molar-refractivity contribution in [2.24, 2.45) is 0 Å². The lowest BCUT2D eigenvalue weighted by molar-refractivity contribution is 0.0600. The van der Waals surface area contributed by atoms with Gasteiger partial charge in [0.15, 0.2) is 0 Å². The molecule has 5 nitrogen and oxygen atoms in total. The second-order valence-electron chi connectivity index (χ2n) is 6.39. The molecule has 150 valence electrons. The van der Waals surface area contributed by atoms with Crippen LogP contribution in [-0.4, -0.2) is 18.1 Å². The summed E-state index contributed by atoms with van der Waals surface area (Å²) in [6, 6.07) is 13.8. The third-order valence-electron chi connectivity index (χ3n) is 4.35. The predicted molar refractivity (Wildman–Crippen MR) is 104 cm³/mol. The molecule has 0 aliphatic carbocycles. The summed E-state index contributed by atoms with van der Waals surface area (Å²) >= 11 is 0. The van der Waals surface area contributed by atoms with Gasteiger partial charge in [0, 0.05) is 18.2 Å². The van der Waals surface area contributed by atoms with Crippen molar-refractivity contribution in [3.05, 3.63) is 89.1 Å². The van der Waals surface area contributed by atoms with E-state index in [4.69, 9.17) is 4.74 Å². The van der Waals surface area contributed by atoms with Crippen LogP contribution in [0.4, 0.5) is 8.78 Å². The third-order valence-corrected chi connectivity index (χ3v) is 4.35. The molecule has 0 aliphatic heterocycles. The second-order valence-corrected chi connectivity index (χ2v) is 6.39. The number of rotatable bonds is 7. The Labute approximate surface area is 167 Å². The van der Waals surface area contributed by atoms with Gasteiger partial charge in [-0.3, -0.25) is 0 Å². The minimum atomic E-state index is -0.483. The molecule has 7 heteroatoms. The molecule has 0 unspecified atom stereocenters. The zero-order valence-corrected chi connectivity index (χ0v) is 16.0. The van der Waals surface area contributed by atoms with Crippen LogP contribution in [-0.2, 0) is 11.3 Å². The molecule has 1 atom stereocenters. The van der Waals surface area contributed by atoms with Crippen LogP contribution in [0.2, 0.25) is 0 Å². The fourth-order valence-electron chi connectivity index (χ4n) is 2.71. The van der Waals surface area contributed by atoms with E-state index in [-0.39, 0.29) is 17.7 Å². The number of benzene rings is 2. The number of hydrogen-bond donors (Lipinski definition) is 1. The fourth-order valence-corrected chi connectivity index (χ4v) is 2.71. The maximum absolute atomic E-state index is 13.7. The molecule has 1 heterocycles. The maximum Gasteiger partial charge on any atom is 0.337 e. The van der Waals surface area contributed by atoms with E-state index in [0.29, 0.717) is 23.4 Å². The van der Waals surface area contributed by atoms with Crippen LogP contribution in [0.15, 0.2) is 60.8 Å². The Hall–Kier alpha value is -3.32. The highest BCUT2D eigenvalue weighted by molar-refractivity contribution is 5.89. The summed E-state index contributed by atoms with van der Waals surface area (Å²) in [5.41, 5.74) is 1.93.